The number of urea groups is 2. The van der Waals surface area contributed by atoms with Gasteiger partial charge in [0.2, 0.25) is 0 Å². The van der Waals surface area contributed by atoms with Crippen LogP contribution < -0.4 is 14.8 Å². The molecule has 0 bridgehead atoms. The van der Waals surface area contributed by atoms with E-state index in [0.717, 1.165) is 77.7 Å². The second kappa shape index (κ2) is 17.7. The van der Waals surface area contributed by atoms with E-state index in [0.29, 0.717) is 32.0 Å². The van der Waals surface area contributed by atoms with Crippen molar-refractivity contribution in [1.29, 1.82) is 0 Å². The zero-order chi connectivity index (χ0) is 41.6. The highest BCUT2D eigenvalue weighted by molar-refractivity contribution is 5.76. The Morgan fingerprint density at radius 3 is 1.53 bits per heavy atom. The molecule has 59 heavy (non-hydrogen) atoms. The van der Waals surface area contributed by atoms with Crippen LogP contribution in [0.3, 0.4) is 0 Å². The highest BCUT2D eigenvalue weighted by Gasteiger charge is 2.32. The van der Waals surface area contributed by atoms with Crippen molar-refractivity contribution in [2.24, 2.45) is 0 Å². The van der Waals surface area contributed by atoms with E-state index < -0.39 is 12.7 Å². The van der Waals surface area contributed by atoms with Gasteiger partial charge in [-0.2, -0.15) is 0 Å². The van der Waals surface area contributed by atoms with Gasteiger partial charge < -0.3 is 29.5 Å². The maximum Gasteiger partial charge on any atom is 0.573 e. The topological polar surface area (TPSA) is 100 Å². The molecule has 5 aromatic rings. The summed E-state index contributed by atoms with van der Waals surface area (Å²) < 4.78 is 81.8. The molecule has 308 valence electrons. The van der Waals surface area contributed by atoms with Gasteiger partial charge in [-0.1, -0.05) is 48.5 Å². The summed E-state index contributed by atoms with van der Waals surface area (Å²) in [5.74, 6) is 0.0320. The van der Waals surface area contributed by atoms with E-state index in [1.54, 1.807) is 47.6 Å². The third-order valence-corrected chi connectivity index (χ3v) is 10.2. The maximum atomic E-state index is 12.7. The molecule has 4 aromatic carbocycles. The fraction of sp³-hybridized carbons (Fsp3) is 0.302. The third-order valence-electron chi connectivity index (χ3n) is 10.2. The molecule has 0 spiro atoms. The smallest absolute Gasteiger partial charge is 0.406 e. The van der Waals surface area contributed by atoms with Gasteiger partial charge in [-0.05, 0) is 113 Å². The maximum absolute atomic E-state index is 12.7. The van der Waals surface area contributed by atoms with Crippen molar-refractivity contribution in [3.05, 3.63) is 131 Å². The number of alkyl halides is 6. The number of fused-ring (bicyclic) bond motifs is 2. The Bertz CT molecular complexity index is 2230. The van der Waals surface area contributed by atoms with Crippen LogP contribution in [-0.4, -0.2) is 75.6 Å². The number of carbonyl (C=O) groups excluding carboxylic acids is 2. The predicted molar refractivity (Wildman–Crippen MR) is 206 cm³/mol. The van der Waals surface area contributed by atoms with Crippen LogP contribution in [0.4, 0.5) is 35.9 Å². The molecule has 16 heteroatoms. The Balaban J connectivity index is 0.000000180. The summed E-state index contributed by atoms with van der Waals surface area (Å²) in [5.41, 5.74) is 7.80. The summed E-state index contributed by atoms with van der Waals surface area (Å²) in [6, 6.07) is 25.1. The van der Waals surface area contributed by atoms with Crippen LogP contribution in [0.25, 0.3) is 22.3 Å². The minimum atomic E-state index is -4.72. The first-order chi connectivity index (χ1) is 28.3. The van der Waals surface area contributed by atoms with Gasteiger partial charge in [0, 0.05) is 51.7 Å². The molecule has 1 fully saturated rings. The average Bonchev–Trinajstić information content (AvgIpc) is 3.77. The first kappa shape index (κ1) is 40.9. The zero-order valence-electron chi connectivity index (χ0n) is 31.7. The second-order valence-corrected chi connectivity index (χ2v) is 14.3. The lowest BCUT2D eigenvalue weighted by molar-refractivity contribution is -0.275. The van der Waals surface area contributed by atoms with Gasteiger partial charge in [0.25, 0.3) is 0 Å². The van der Waals surface area contributed by atoms with Gasteiger partial charge in [-0.3, -0.25) is 0 Å². The van der Waals surface area contributed by atoms with Crippen molar-refractivity contribution < 1.29 is 45.4 Å². The lowest BCUT2D eigenvalue weighted by atomic mass is 9.95. The predicted octanol–water partition coefficient (Wildman–Crippen LogP) is 9.14. The fourth-order valence-electron chi connectivity index (χ4n) is 7.30. The summed E-state index contributed by atoms with van der Waals surface area (Å²) in [5, 5.41) is 2.83. The van der Waals surface area contributed by atoms with Crippen molar-refractivity contribution in [1.82, 2.24) is 30.0 Å². The summed E-state index contributed by atoms with van der Waals surface area (Å²) in [4.78, 5) is 38.9. The number of carbonyl (C=O) groups is 2. The van der Waals surface area contributed by atoms with E-state index in [-0.39, 0.29) is 30.1 Å². The summed E-state index contributed by atoms with van der Waals surface area (Å²) in [7, 11) is 0. The number of likely N-dealkylation sites (tertiary alicyclic amines) is 1. The minimum Gasteiger partial charge on any atom is -0.406 e. The molecule has 0 unspecified atom stereocenters. The first-order valence-corrected chi connectivity index (χ1v) is 19.0. The number of aromatic nitrogens is 2. The molecule has 1 saturated heterocycles. The van der Waals surface area contributed by atoms with Crippen LogP contribution in [0.15, 0.2) is 103 Å². The normalized spacial score (nSPS) is 15.1. The molecule has 4 amide bonds. The van der Waals surface area contributed by atoms with Crippen LogP contribution >= 0.6 is 0 Å². The molecule has 4 heterocycles. The van der Waals surface area contributed by atoms with Crippen LogP contribution in [0.5, 0.6) is 11.5 Å². The number of amides is 4. The Kier molecular flexibility index (Phi) is 12.2. The Morgan fingerprint density at radius 1 is 0.576 bits per heavy atom. The molecule has 0 saturated carbocycles. The molecular formula is C43H40F6N6O4. The number of hydrogen-bond acceptors (Lipinski definition) is 6. The summed E-state index contributed by atoms with van der Waals surface area (Å²) >= 11 is 0. The molecule has 3 aliphatic rings. The molecule has 3 aliphatic heterocycles. The van der Waals surface area contributed by atoms with Crippen LogP contribution in [0.2, 0.25) is 0 Å². The van der Waals surface area contributed by atoms with E-state index >= 15 is 0 Å². The highest BCUT2D eigenvalue weighted by atomic mass is 19.4. The van der Waals surface area contributed by atoms with Gasteiger partial charge in [-0.15, -0.1) is 26.3 Å². The standard InChI is InChI=1S/C22H19F3N4O2.C21H21F3N2O2/c23-22(24,25)31-19-6-4-15(5-7-19)17-3-2-16-8-11-29(14-18(16)12-17)21(30)28-13-20-26-9-1-10-27-20;22-21(23,24)28-19-7-5-15(6-8-19)17-4-3-16-9-12-26(14-18(16)13-17)20(27)25-10-1-2-11-25/h1-7,9-10,12H,8,11,13-14H2,(H,28,30);3-8,13H,1-2,9-12,14H2. The van der Waals surface area contributed by atoms with Gasteiger partial charge in [0.15, 0.2) is 0 Å². The molecule has 0 aliphatic carbocycles. The Hall–Kier alpha value is -6.32. The van der Waals surface area contributed by atoms with Crippen LogP contribution in [0.1, 0.15) is 40.9 Å². The van der Waals surface area contributed by atoms with Crippen molar-refractivity contribution in [2.75, 3.05) is 26.2 Å². The van der Waals surface area contributed by atoms with E-state index in [2.05, 4.69) is 24.8 Å². The number of nitrogens with one attached hydrogen (secondary N) is 1. The lowest BCUT2D eigenvalue weighted by Crippen LogP contribution is -2.44. The monoisotopic (exact) mass is 818 g/mol. The van der Waals surface area contributed by atoms with Gasteiger partial charge in [0.1, 0.15) is 17.3 Å². The minimum absolute atomic E-state index is 0.0993. The molecule has 0 atom stereocenters. The molecule has 1 N–H and O–H groups in total. The van der Waals surface area contributed by atoms with E-state index in [1.165, 1.54) is 29.8 Å². The Morgan fingerprint density at radius 2 is 1.03 bits per heavy atom. The summed E-state index contributed by atoms with van der Waals surface area (Å²) in [6.45, 7) is 4.22. The molecule has 10 nitrogen and oxygen atoms in total. The summed E-state index contributed by atoms with van der Waals surface area (Å²) in [6.07, 6.45) is -2.51. The van der Waals surface area contributed by atoms with E-state index in [9.17, 15) is 35.9 Å². The number of benzene rings is 4. The van der Waals surface area contributed by atoms with Crippen LogP contribution in [-0.2, 0) is 32.5 Å². The van der Waals surface area contributed by atoms with Crippen LogP contribution in [0, 0.1) is 0 Å². The molecule has 0 radical (unpaired) electrons. The van der Waals surface area contributed by atoms with E-state index in [1.807, 2.05) is 46.2 Å². The lowest BCUT2D eigenvalue weighted by Gasteiger charge is -2.32. The molecular weight excluding hydrogens is 778 g/mol. The van der Waals surface area contributed by atoms with Gasteiger partial charge in [-0.25, -0.2) is 19.6 Å². The van der Waals surface area contributed by atoms with Gasteiger partial charge >= 0.3 is 24.8 Å². The van der Waals surface area contributed by atoms with Crippen molar-refractivity contribution >= 4 is 12.1 Å². The molecule has 8 rings (SSSR count). The average molecular weight is 819 g/mol. The number of ether oxygens (including phenoxy) is 2. The SMILES string of the molecule is O=C(N1CCCC1)N1CCc2ccc(-c3ccc(OC(F)(F)F)cc3)cc2C1.O=C(NCc1ncccn1)N1CCc2ccc(-c3ccc(OC(F)(F)F)cc3)cc2C1. The van der Waals surface area contributed by atoms with Crippen molar-refractivity contribution in [3.8, 4) is 33.8 Å². The number of halogens is 6. The Labute approximate surface area is 336 Å². The van der Waals surface area contributed by atoms with Crippen molar-refractivity contribution in [2.45, 2.75) is 58.0 Å². The first-order valence-electron chi connectivity index (χ1n) is 19.0. The third kappa shape index (κ3) is 11.0. The zero-order valence-corrected chi connectivity index (χ0v) is 31.7. The quantitative estimate of drug-likeness (QED) is 0.172. The fourth-order valence-corrected chi connectivity index (χ4v) is 7.30. The van der Waals surface area contributed by atoms with E-state index in [4.69, 9.17) is 0 Å². The highest BCUT2D eigenvalue weighted by Crippen LogP contribution is 2.32. The molecule has 1 aromatic heterocycles. The van der Waals surface area contributed by atoms with Gasteiger partial charge in [0.05, 0.1) is 6.54 Å². The number of hydrogen-bond donors (Lipinski definition) is 1. The largest absolute Gasteiger partial charge is 0.573 e. The number of nitrogens with zero attached hydrogens (tertiary/aromatic N) is 5. The number of rotatable bonds is 6. The second-order valence-electron chi connectivity index (χ2n) is 14.3. The van der Waals surface area contributed by atoms with Crippen molar-refractivity contribution in [3.63, 3.8) is 0 Å².